The van der Waals surface area contributed by atoms with Crippen molar-refractivity contribution in [1.29, 1.82) is 0 Å². The van der Waals surface area contributed by atoms with Crippen molar-refractivity contribution in [2.24, 2.45) is 0 Å². The quantitative estimate of drug-likeness (QED) is 0.878. The molecule has 1 aliphatic rings. The van der Waals surface area contributed by atoms with Crippen molar-refractivity contribution in [3.05, 3.63) is 34.7 Å². The number of benzene rings is 1. The Morgan fingerprint density at radius 2 is 2.11 bits per heavy atom. The smallest absolute Gasteiger partial charge is 0.0901 e. The number of hydrogen-bond acceptors (Lipinski definition) is 3. The highest BCUT2D eigenvalue weighted by Crippen LogP contribution is 2.26. The maximum absolute atomic E-state index is 4.54. The molecule has 1 heterocycles. The van der Waals surface area contributed by atoms with Gasteiger partial charge in [0.05, 0.1) is 10.7 Å². The Morgan fingerprint density at radius 3 is 2.83 bits per heavy atom. The summed E-state index contributed by atoms with van der Waals surface area (Å²) < 4.78 is 0. The van der Waals surface area contributed by atoms with Crippen molar-refractivity contribution in [3.63, 3.8) is 0 Å². The summed E-state index contributed by atoms with van der Waals surface area (Å²) in [5.74, 6) is 0. The van der Waals surface area contributed by atoms with Gasteiger partial charge in [-0.25, -0.2) is 4.98 Å². The molecular formula is C15H18N2S. The molecule has 1 N–H and O–H groups in total. The first-order valence-electron chi connectivity index (χ1n) is 6.60. The van der Waals surface area contributed by atoms with Crippen molar-refractivity contribution in [3.8, 4) is 11.3 Å². The van der Waals surface area contributed by atoms with Gasteiger partial charge in [-0.05, 0) is 31.9 Å². The molecule has 1 saturated carbocycles. The zero-order valence-corrected chi connectivity index (χ0v) is 11.5. The minimum atomic E-state index is 0.664. The van der Waals surface area contributed by atoms with E-state index in [0.717, 1.165) is 10.7 Å². The molecule has 2 nitrogen and oxygen atoms in total. The van der Waals surface area contributed by atoms with Crippen LogP contribution in [0.15, 0.2) is 29.6 Å². The Labute approximate surface area is 112 Å². The first-order valence-corrected chi connectivity index (χ1v) is 7.48. The molecule has 0 spiro atoms. The number of rotatable bonds is 3. The molecule has 94 valence electrons. The van der Waals surface area contributed by atoms with Gasteiger partial charge in [-0.2, -0.15) is 0 Å². The molecule has 18 heavy (non-hydrogen) atoms. The lowest BCUT2D eigenvalue weighted by molar-refractivity contribution is 0.755. The van der Waals surface area contributed by atoms with Crippen molar-refractivity contribution < 1.29 is 0 Å². The number of aromatic nitrogens is 1. The summed E-state index contributed by atoms with van der Waals surface area (Å²) in [4.78, 5) is 4.54. The average Bonchev–Trinajstić information content (AvgIpc) is 3.01. The predicted octanol–water partition coefficient (Wildman–Crippen LogP) is 4.47. The molecule has 1 fully saturated rings. The molecule has 3 heteroatoms. The number of anilines is 1. The fraction of sp³-hybridized carbons (Fsp3) is 0.400. The largest absolute Gasteiger partial charge is 0.382 e. The Bertz CT molecular complexity index is 527. The van der Waals surface area contributed by atoms with Crippen molar-refractivity contribution >= 4 is 17.0 Å². The van der Waals surface area contributed by atoms with Crippen LogP contribution in [0, 0.1) is 6.92 Å². The lowest BCUT2D eigenvalue weighted by atomic mass is 10.1. The standard InChI is InChI=1S/C15H18N2S/c1-11-16-15(10-18-11)12-5-4-8-14(9-12)17-13-6-2-3-7-13/h4-5,8-10,13,17H,2-3,6-7H2,1H3. The summed E-state index contributed by atoms with van der Waals surface area (Å²) in [5, 5.41) is 6.89. The highest BCUT2D eigenvalue weighted by atomic mass is 32.1. The second-order valence-electron chi connectivity index (χ2n) is 4.96. The van der Waals surface area contributed by atoms with E-state index in [1.165, 1.54) is 36.9 Å². The Morgan fingerprint density at radius 1 is 1.28 bits per heavy atom. The van der Waals surface area contributed by atoms with Crippen molar-refractivity contribution in [2.75, 3.05) is 5.32 Å². The van der Waals surface area contributed by atoms with Gasteiger partial charge in [0.2, 0.25) is 0 Å². The monoisotopic (exact) mass is 258 g/mol. The topological polar surface area (TPSA) is 24.9 Å². The summed E-state index contributed by atoms with van der Waals surface area (Å²) in [5.41, 5.74) is 3.53. The molecule has 2 aromatic rings. The first kappa shape index (κ1) is 11.7. The van der Waals surface area contributed by atoms with Crippen LogP contribution in [0.25, 0.3) is 11.3 Å². The molecule has 0 bridgehead atoms. The van der Waals surface area contributed by atoms with Gasteiger partial charge in [0.15, 0.2) is 0 Å². The van der Waals surface area contributed by atoms with E-state index in [4.69, 9.17) is 0 Å². The molecule has 0 unspecified atom stereocenters. The Kier molecular flexibility index (Phi) is 3.33. The van der Waals surface area contributed by atoms with E-state index in [-0.39, 0.29) is 0 Å². The molecule has 0 radical (unpaired) electrons. The maximum Gasteiger partial charge on any atom is 0.0901 e. The molecule has 1 aromatic carbocycles. The molecule has 0 saturated heterocycles. The van der Waals surface area contributed by atoms with E-state index in [9.17, 15) is 0 Å². The summed E-state index contributed by atoms with van der Waals surface area (Å²) in [7, 11) is 0. The second-order valence-corrected chi connectivity index (χ2v) is 6.02. The highest BCUT2D eigenvalue weighted by molar-refractivity contribution is 7.09. The highest BCUT2D eigenvalue weighted by Gasteiger charge is 2.14. The molecule has 1 aromatic heterocycles. The lowest BCUT2D eigenvalue weighted by Gasteiger charge is -2.13. The van der Waals surface area contributed by atoms with E-state index >= 15 is 0 Å². The number of thiazole rings is 1. The van der Waals surface area contributed by atoms with E-state index in [1.807, 2.05) is 0 Å². The second kappa shape index (κ2) is 5.11. The first-order chi connectivity index (χ1) is 8.81. The van der Waals surface area contributed by atoms with Gasteiger partial charge in [0.25, 0.3) is 0 Å². The average molecular weight is 258 g/mol. The fourth-order valence-electron chi connectivity index (χ4n) is 2.57. The minimum absolute atomic E-state index is 0.664. The van der Waals surface area contributed by atoms with Crippen molar-refractivity contribution in [2.45, 2.75) is 38.6 Å². The van der Waals surface area contributed by atoms with Crippen LogP contribution in [0.3, 0.4) is 0 Å². The fourth-order valence-corrected chi connectivity index (χ4v) is 3.19. The van der Waals surface area contributed by atoms with Gasteiger partial charge < -0.3 is 5.32 Å². The van der Waals surface area contributed by atoms with E-state index in [0.29, 0.717) is 6.04 Å². The summed E-state index contributed by atoms with van der Waals surface area (Å²) in [6.45, 7) is 2.05. The van der Waals surface area contributed by atoms with Gasteiger partial charge in [-0.15, -0.1) is 11.3 Å². The van der Waals surface area contributed by atoms with Gasteiger partial charge in [-0.3, -0.25) is 0 Å². The number of aryl methyl sites for hydroxylation is 1. The SMILES string of the molecule is Cc1nc(-c2cccc(NC3CCCC3)c2)cs1. The molecule has 0 aliphatic heterocycles. The van der Waals surface area contributed by atoms with Crippen LogP contribution < -0.4 is 5.32 Å². The van der Waals surface area contributed by atoms with Crippen LogP contribution in [0.4, 0.5) is 5.69 Å². The van der Waals surface area contributed by atoms with Crippen LogP contribution in [-0.4, -0.2) is 11.0 Å². The van der Waals surface area contributed by atoms with Crippen LogP contribution in [0.5, 0.6) is 0 Å². The Balaban J connectivity index is 1.80. The molecule has 3 rings (SSSR count). The van der Waals surface area contributed by atoms with Gasteiger partial charge in [-0.1, -0.05) is 25.0 Å². The third kappa shape index (κ3) is 2.56. The number of nitrogens with zero attached hydrogens (tertiary/aromatic N) is 1. The van der Waals surface area contributed by atoms with Crippen LogP contribution in [0.1, 0.15) is 30.7 Å². The van der Waals surface area contributed by atoms with Crippen molar-refractivity contribution in [1.82, 2.24) is 4.98 Å². The van der Waals surface area contributed by atoms with Crippen LogP contribution >= 0.6 is 11.3 Å². The molecular weight excluding hydrogens is 240 g/mol. The van der Waals surface area contributed by atoms with Gasteiger partial charge >= 0.3 is 0 Å². The maximum atomic E-state index is 4.54. The normalized spacial score (nSPS) is 16.1. The van der Waals surface area contributed by atoms with E-state index in [2.05, 4.69) is 46.9 Å². The third-order valence-corrected chi connectivity index (χ3v) is 4.28. The summed E-state index contributed by atoms with van der Waals surface area (Å²) in [6, 6.07) is 9.28. The minimum Gasteiger partial charge on any atom is -0.382 e. The zero-order valence-electron chi connectivity index (χ0n) is 10.6. The Hall–Kier alpha value is -1.35. The lowest BCUT2D eigenvalue weighted by Crippen LogP contribution is -2.14. The van der Waals surface area contributed by atoms with Crippen LogP contribution in [-0.2, 0) is 0 Å². The predicted molar refractivity (Wildman–Crippen MR) is 78.2 cm³/mol. The van der Waals surface area contributed by atoms with Gasteiger partial charge in [0, 0.05) is 22.7 Å². The van der Waals surface area contributed by atoms with Gasteiger partial charge in [0.1, 0.15) is 0 Å². The van der Waals surface area contributed by atoms with E-state index < -0.39 is 0 Å². The molecule has 1 aliphatic carbocycles. The number of nitrogens with one attached hydrogen (secondary N) is 1. The zero-order chi connectivity index (χ0) is 12.4. The molecule has 0 atom stereocenters. The number of hydrogen-bond donors (Lipinski definition) is 1. The molecule has 0 amide bonds. The van der Waals surface area contributed by atoms with E-state index in [1.54, 1.807) is 11.3 Å². The third-order valence-electron chi connectivity index (χ3n) is 3.50. The summed E-state index contributed by atoms with van der Waals surface area (Å²) >= 11 is 1.71. The van der Waals surface area contributed by atoms with Crippen LogP contribution in [0.2, 0.25) is 0 Å². The summed E-state index contributed by atoms with van der Waals surface area (Å²) in [6.07, 6.45) is 5.34.